The number of hydrogen-bond donors (Lipinski definition) is 3. The SMILES string of the molecule is NNC(=O)C(=O)NCc1cc(Br)cs1. The summed E-state index contributed by atoms with van der Waals surface area (Å²) in [7, 11) is 0. The number of halogens is 1. The standard InChI is InChI=1S/C7H8BrN3O2S/c8-4-1-5(14-3-4)2-10-6(12)7(13)11-9/h1,3H,2,9H2,(H,10,12)(H,11,13). The molecule has 1 heterocycles. The second-order valence-corrected chi connectivity index (χ2v) is 4.30. The van der Waals surface area contributed by atoms with Gasteiger partial charge >= 0.3 is 11.8 Å². The zero-order chi connectivity index (χ0) is 10.6. The summed E-state index contributed by atoms with van der Waals surface area (Å²) in [6, 6.07) is 1.87. The fourth-order valence-electron chi connectivity index (χ4n) is 0.760. The molecule has 4 N–H and O–H groups in total. The number of carbonyl (C=O) groups is 2. The first-order chi connectivity index (χ1) is 6.63. The first-order valence-corrected chi connectivity index (χ1v) is 5.32. The average Bonchev–Trinajstić information content (AvgIpc) is 2.59. The van der Waals surface area contributed by atoms with Crippen LogP contribution in [-0.2, 0) is 16.1 Å². The van der Waals surface area contributed by atoms with Crippen molar-refractivity contribution in [2.24, 2.45) is 5.84 Å². The van der Waals surface area contributed by atoms with E-state index in [9.17, 15) is 9.59 Å². The van der Waals surface area contributed by atoms with Crippen LogP contribution in [0.1, 0.15) is 4.88 Å². The molecule has 0 aliphatic carbocycles. The van der Waals surface area contributed by atoms with Crippen molar-refractivity contribution in [3.8, 4) is 0 Å². The quantitative estimate of drug-likeness (QED) is 0.311. The zero-order valence-electron chi connectivity index (χ0n) is 7.04. The molecule has 0 spiro atoms. The molecule has 2 amide bonds. The second-order valence-electron chi connectivity index (χ2n) is 2.39. The molecule has 0 aliphatic rings. The topological polar surface area (TPSA) is 84.2 Å². The Labute approximate surface area is 92.8 Å². The van der Waals surface area contributed by atoms with Crippen LogP contribution in [0.25, 0.3) is 0 Å². The minimum Gasteiger partial charge on any atom is -0.343 e. The Balaban J connectivity index is 2.41. The summed E-state index contributed by atoms with van der Waals surface area (Å²) in [5, 5.41) is 4.31. The summed E-state index contributed by atoms with van der Waals surface area (Å²) in [6.07, 6.45) is 0. The van der Waals surface area contributed by atoms with E-state index in [0.29, 0.717) is 6.54 Å². The van der Waals surface area contributed by atoms with Gasteiger partial charge in [-0.15, -0.1) is 11.3 Å². The van der Waals surface area contributed by atoms with Crippen molar-refractivity contribution in [3.05, 3.63) is 20.8 Å². The van der Waals surface area contributed by atoms with Crippen LogP contribution in [0.5, 0.6) is 0 Å². The number of carbonyl (C=O) groups excluding carboxylic acids is 2. The van der Waals surface area contributed by atoms with Crippen molar-refractivity contribution in [1.82, 2.24) is 10.7 Å². The van der Waals surface area contributed by atoms with E-state index < -0.39 is 11.8 Å². The number of hydrogen-bond acceptors (Lipinski definition) is 4. The van der Waals surface area contributed by atoms with Gasteiger partial charge in [-0.3, -0.25) is 15.0 Å². The monoisotopic (exact) mass is 277 g/mol. The van der Waals surface area contributed by atoms with Gasteiger partial charge in [0.1, 0.15) is 0 Å². The van der Waals surface area contributed by atoms with Crippen molar-refractivity contribution in [2.75, 3.05) is 0 Å². The number of nitrogens with one attached hydrogen (secondary N) is 2. The molecule has 76 valence electrons. The van der Waals surface area contributed by atoms with Gasteiger partial charge in [0.2, 0.25) is 0 Å². The maximum absolute atomic E-state index is 10.9. The molecule has 0 saturated heterocycles. The van der Waals surface area contributed by atoms with Gasteiger partial charge in [-0.05, 0) is 22.0 Å². The maximum atomic E-state index is 10.9. The third-order valence-corrected chi connectivity index (χ3v) is 3.08. The number of amides is 2. The average molecular weight is 278 g/mol. The third-order valence-electron chi connectivity index (χ3n) is 1.38. The van der Waals surface area contributed by atoms with E-state index in [1.165, 1.54) is 11.3 Å². The number of thiophene rings is 1. The molecule has 0 fully saturated rings. The van der Waals surface area contributed by atoms with E-state index in [1.807, 2.05) is 11.4 Å². The highest BCUT2D eigenvalue weighted by atomic mass is 79.9. The van der Waals surface area contributed by atoms with Crippen LogP contribution in [0.2, 0.25) is 0 Å². The fourth-order valence-corrected chi connectivity index (χ4v) is 2.15. The Kier molecular flexibility index (Phi) is 4.05. The Morgan fingerprint density at radius 1 is 1.50 bits per heavy atom. The van der Waals surface area contributed by atoms with E-state index >= 15 is 0 Å². The number of hydrazine groups is 1. The largest absolute Gasteiger partial charge is 0.343 e. The molecule has 0 aliphatic heterocycles. The van der Waals surface area contributed by atoms with Crippen LogP contribution in [0, 0.1) is 0 Å². The summed E-state index contributed by atoms with van der Waals surface area (Å²) in [4.78, 5) is 22.6. The summed E-state index contributed by atoms with van der Waals surface area (Å²) in [5.41, 5.74) is 1.75. The predicted molar refractivity (Wildman–Crippen MR) is 56.2 cm³/mol. The second kappa shape index (κ2) is 5.08. The van der Waals surface area contributed by atoms with Gasteiger partial charge in [0, 0.05) is 14.7 Å². The van der Waals surface area contributed by atoms with Crippen molar-refractivity contribution in [3.63, 3.8) is 0 Å². The molecule has 1 aromatic rings. The van der Waals surface area contributed by atoms with Gasteiger partial charge in [-0.1, -0.05) is 0 Å². The molecule has 0 unspecified atom stereocenters. The molecule has 0 aromatic carbocycles. The summed E-state index contributed by atoms with van der Waals surface area (Å²) >= 11 is 4.77. The molecule has 5 nitrogen and oxygen atoms in total. The van der Waals surface area contributed by atoms with Gasteiger partial charge in [-0.2, -0.15) is 0 Å². The molecule has 1 rings (SSSR count). The van der Waals surface area contributed by atoms with E-state index in [2.05, 4.69) is 21.2 Å². The Morgan fingerprint density at radius 3 is 2.71 bits per heavy atom. The van der Waals surface area contributed by atoms with E-state index in [4.69, 9.17) is 5.84 Å². The van der Waals surface area contributed by atoms with Crippen LogP contribution in [0.3, 0.4) is 0 Å². The van der Waals surface area contributed by atoms with Crippen LogP contribution in [0.15, 0.2) is 15.9 Å². The van der Waals surface area contributed by atoms with Crippen LogP contribution < -0.4 is 16.6 Å². The fraction of sp³-hybridized carbons (Fsp3) is 0.143. The van der Waals surface area contributed by atoms with Gasteiger partial charge in [0.05, 0.1) is 6.54 Å². The third kappa shape index (κ3) is 3.09. The van der Waals surface area contributed by atoms with Crippen LogP contribution >= 0.6 is 27.3 Å². The van der Waals surface area contributed by atoms with E-state index in [1.54, 1.807) is 5.43 Å². The minimum absolute atomic E-state index is 0.322. The first-order valence-electron chi connectivity index (χ1n) is 3.65. The molecule has 7 heteroatoms. The van der Waals surface area contributed by atoms with Gasteiger partial charge in [0.15, 0.2) is 0 Å². The molecule has 0 bridgehead atoms. The molecule has 0 radical (unpaired) electrons. The lowest BCUT2D eigenvalue weighted by Gasteiger charge is -2.00. The molecular formula is C7H8BrN3O2S. The highest BCUT2D eigenvalue weighted by Crippen LogP contribution is 2.19. The lowest BCUT2D eigenvalue weighted by Crippen LogP contribution is -2.42. The summed E-state index contributed by atoms with van der Waals surface area (Å²) in [6.45, 7) is 0.322. The van der Waals surface area contributed by atoms with Crippen LogP contribution in [0.4, 0.5) is 0 Å². The smallest absolute Gasteiger partial charge is 0.323 e. The normalized spacial score (nSPS) is 9.57. The Morgan fingerprint density at radius 2 is 2.21 bits per heavy atom. The predicted octanol–water partition coefficient (Wildman–Crippen LogP) is 0.117. The lowest BCUT2D eigenvalue weighted by atomic mass is 10.4. The Hall–Kier alpha value is -0.920. The maximum Gasteiger partial charge on any atom is 0.323 e. The number of nitrogens with two attached hydrogens (primary N) is 1. The van der Waals surface area contributed by atoms with E-state index in [-0.39, 0.29) is 0 Å². The van der Waals surface area contributed by atoms with Crippen molar-refractivity contribution >= 4 is 39.1 Å². The van der Waals surface area contributed by atoms with Gasteiger partial charge in [-0.25, -0.2) is 5.84 Å². The van der Waals surface area contributed by atoms with Crippen molar-refractivity contribution < 1.29 is 9.59 Å². The van der Waals surface area contributed by atoms with E-state index in [0.717, 1.165) is 9.35 Å². The Bertz CT molecular complexity index is 352. The lowest BCUT2D eigenvalue weighted by molar-refractivity contribution is -0.139. The van der Waals surface area contributed by atoms with Crippen molar-refractivity contribution in [1.29, 1.82) is 0 Å². The summed E-state index contributed by atoms with van der Waals surface area (Å²) in [5.74, 6) is 3.20. The molecule has 0 saturated carbocycles. The highest BCUT2D eigenvalue weighted by Gasteiger charge is 2.10. The zero-order valence-corrected chi connectivity index (χ0v) is 9.44. The molecule has 1 aromatic heterocycles. The number of rotatable bonds is 2. The van der Waals surface area contributed by atoms with Crippen molar-refractivity contribution in [2.45, 2.75) is 6.54 Å². The molecular weight excluding hydrogens is 270 g/mol. The molecule has 14 heavy (non-hydrogen) atoms. The van der Waals surface area contributed by atoms with Crippen LogP contribution in [-0.4, -0.2) is 11.8 Å². The summed E-state index contributed by atoms with van der Waals surface area (Å²) < 4.78 is 0.954. The first kappa shape index (κ1) is 11.2. The van der Waals surface area contributed by atoms with Gasteiger partial charge < -0.3 is 5.32 Å². The highest BCUT2D eigenvalue weighted by molar-refractivity contribution is 9.10. The van der Waals surface area contributed by atoms with Gasteiger partial charge in [0.25, 0.3) is 0 Å². The molecule has 0 atom stereocenters. The minimum atomic E-state index is -0.847.